The van der Waals surface area contributed by atoms with Crippen LogP contribution in [0.25, 0.3) is 11.3 Å². The van der Waals surface area contributed by atoms with E-state index in [1.165, 1.54) is 5.56 Å². The van der Waals surface area contributed by atoms with Crippen LogP contribution in [-0.2, 0) is 0 Å². The van der Waals surface area contributed by atoms with Crippen molar-refractivity contribution in [3.63, 3.8) is 0 Å². The van der Waals surface area contributed by atoms with Crippen molar-refractivity contribution in [2.45, 2.75) is 26.8 Å². The minimum atomic E-state index is -0.231. The third-order valence-corrected chi connectivity index (χ3v) is 6.40. The molecule has 186 valence electrons. The second kappa shape index (κ2) is 12.0. The summed E-state index contributed by atoms with van der Waals surface area (Å²) in [5, 5.41) is 7.10. The van der Waals surface area contributed by atoms with Gasteiger partial charge in [-0.2, -0.15) is 0 Å². The lowest BCUT2D eigenvalue weighted by Gasteiger charge is -2.39. The lowest BCUT2D eigenvalue weighted by atomic mass is 10.0. The number of likely N-dealkylation sites (N-methyl/N-ethyl adjacent to an activating group) is 1. The Hall–Kier alpha value is -3.16. The second-order valence-corrected chi connectivity index (χ2v) is 9.41. The van der Waals surface area contributed by atoms with Crippen molar-refractivity contribution in [2.24, 2.45) is 5.92 Å². The number of benzene rings is 2. The molecule has 1 fully saturated rings. The number of ether oxygens (including phenoxy) is 1. The van der Waals surface area contributed by atoms with Gasteiger partial charge in [0.05, 0.1) is 12.6 Å². The molecule has 3 aromatic rings. The van der Waals surface area contributed by atoms with Crippen molar-refractivity contribution in [2.75, 3.05) is 45.9 Å². The predicted octanol–water partition coefficient (Wildman–Crippen LogP) is 4.49. The molecule has 1 aliphatic rings. The first kappa shape index (κ1) is 24.9. The summed E-state index contributed by atoms with van der Waals surface area (Å²) >= 11 is 0. The molecule has 1 saturated heterocycles. The SMILES string of the molecule is CCN1CCN([C@@H](CNC(=O)c2cc(-c3ccc(OCC(C)C)cc3)on2)c2ccccc2)CC1. The number of piperazine rings is 1. The predicted molar refractivity (Wildman–Crippen MR) is 137 cm³/mol. The highest BCUT2D eigenvalue weighted by atomic mass is 16.5. The van der Waals surface area contributed by atoms with Gasteiger partial charge in [-0.1, -0.05) is 56.3 Å². The van der Waals surface area contributed by atoms with Crippen LogP contribution in [0.1, 0.15) is 42.9 Å². The topological polar surface area (TPSA) is 70.8 Å². The summed E-state index contributed by atoms with van der Waals surface area (Å²) in [5.41, 5.74) is 2.34. The number of carbonyl (C=O) groups is 1. The molecule has 7 heteroatoms. The van der Waals surface area contributed by atoms with E-state index in [0.717, 1.165) is 44.0 Å². The van der Waals surface area contributed by atoms with Crippen molar-refractivity contribution in [3.05, 3.63) is 71.9 Å². The van der Waals surface area contributed by atoms with Crippen LogP contribution >= 0.6 is 0 Å². The van der Waals surface area contributed by atoms with Crippen molar-refractivity contribution < 1.29 is 14.1 Å². The number of amides is 1. The molecule has 0 spiro atoms. The molecule has 0 unspecified atom stereocenters. The van der Waals surface area contributed by atoms with Gasteiger partial charge in [0.15, 0.2) is 11.5 Å². The van der Waals surface area contributed by atoms with Crippen LogP contribution in [0.2, 0.25) is 0 Å². The van der Waals surface area contributed by atoms with E-state index in [1.807, 2.05) is 30.3 Å². The molecule has 1 aromatic heterocycles. The fourth-order valence-electron chi connectivity index (χ4n) is 4.30. The maximum atomic E-state index is 12.9. The molecule has 35 heavy (non-hydrogen) atoms. The van der Waals surface area contributed by atoms with Crippen molar-refractivity contribution in [3.8, 4) is 17.1 Å². The molecule has 0 saturated carbocycles. The number of carbonyl (C=O) groups excluding carboxylic acids is 1. The zero-order chi connectivity index (χ0) is 24.6. The third-order valence-electron chi connectivity index (χ3n) is 6.40. The summed E-state index contributed by atoms with van der Waals surface area (Å²) in [6.07, 6.45) is 0. The Bertz CT molecular complexity index is 1060. The van der Waals surface area contributed by atoms with Gasteiger partial charge in [0, 0.05) is 44.4 Å². The Morgan fingerprint density at radius 2 is 1.77 bits per heavy atom. The molecule has 2 aromatic carbocycles. The van der Waals surface area contributed by atoms with Crippen LogP contribution in [0.3, 0.4) is 0 Å². The van der Waals surface area contributed by atoms with Crippen LogP contribution in [0.15, 0.2) is 65.2 Å². The molecule has 4 rings (SSSR count). The third kappa shape index (κ3) is 6.71. The molecule has 0 aliphatic carbocycles. The normalized spacial score (nSPS) is 15.8. The largest absolute Gasteiger partial charge is 0.493 e. The summed E-state index contributed by atoms with van der Waals surface area (Å²) in [5.74, 6) is 1.60. The van der Waals surface area contributed by atoms with Gasteiger partial charge in [0.1, 0.15) is 5.75 Å². The molecule has 1 amide bonds. The number of aromatic nitrogens is 1. The monoisotopic (exact) mass is 476 g/mol. The van der Waals surface area contributed by atoms with Gasteiger partial charge in [-0.25, -0.2) is 0 Å². The minimum Gasteiger partial charge on any atom is -0.493 e. The molecule has 0 bridgehead atoms. The van der Waals surface area contributed by atoms with Gasteiger partial charge in [0.25, 0.3) is 5.91 Å². The van der Waals surface area contributed by atoms with Gasteiger partial charge in [-0.3, -0.25) is 9.69 Å². The number of nitrogens with one attached hydrogen (secondary N) is 1. The summed E-state index contributed by atoms with van der Waals surface area (Å²) in [6, 6.07) is 19.8. The van der Waals surface area contributed by atoms with E-state index in [9.17, 15) is 4.79 Å². The van der Waals surface area contributed by atoms with Crippen LogP contribution in [0, 0.1) is 5.92 Å². The maximum absolute atomic E-state index is 12.9. The number of nitrogens with zero attached hydrogens (tertiary/aromatic N) is 3. The fraction of sp³-hybridized carbons (Fsp3) is 0.429. The smallest absolute Gasteiger partial charge is 0.273 e. The number of hydrogen-bond donors (Lipinski definition) is 1. The fourth-order valence-corrected chi connectivity index (χ4v) is 4.30. The van der Waals surface area contributed by atoms with Crippen LogP contribution in [-0.4, -0.2) is 66.7 Å². The zero-order valence-corrected chi connectivity index (χ0v) is 20.9. The van der Waals surface area contributed by atoms with Crippen LogP contribution in [0.5, 0.6) is 5.75 Å². The van der Waals surface area contributed by atoms with Gasteiger partial charge in [-0.05, 0) is 42.3 Å². The highest BCUT2D eigenvalue weighted by Crippen LogP contribution is 2.24. The molecular formula is C28H36N4O3. The van der Waals surface area contributed by atoms with E-state index in [4.69, 9.17) is 9.26 Å². The molecule has 0 radical (unpaired) electrons. The average Bonchev–Trinajstić information content (AvgIpc) is 3.39. The standard InChI is InChI=1S/C28H36N4O3/c1-4-31-14-16-32(17-15-31)26(22-8-6-5-7-9-22)19-29-28(33)25-18-27(35-30-25)23-10-12-24(13-11-23)34-20-21(2)3/h5-13,18,21,26H,4,14-17,19-20H2,1-3H3,(H,29,33)/t26-/m0/s1. The molecule has 1 atom stereocenters. The first-order valence-corrected chi connectivity index (χ1v) is 12.5. The Kier molecular flexibility index (Phi) is 8.55. The van der Waals surface area contributed by atoms with E-state index in [-0.39, 0.29) is 17.6 Å². The quantitative estimate of drug-likeness (QED) is 0.465. The van der Waals surface area contributed by atoms with Crippen molar-refractivity contribution >= 4 is 5.91 Å². The Balaban J connectivity index is 1.39. The summed E-state index contributed by atoms with van der Waals surface area (Å²) in [7, 11) is 0. The molecular weight excluding hydrogens is 440 g/mol. The van der Waals surface area contributed by atoms with Crippen LogP contribution < -0.4 is 10.1 Å². The van der Waals surface area contributed by atoms with E-state index >= 15 is 0 Å². The van der Waals surface area contributed by atoms with Crippen molar-refractivity contribution in [1.29, 1.82) is 0 Å². The van der Waals surface area contributed by atoms with E-state index < -0.39 is 0 Å². The zero-order valence-electron chi connectivity index (χ0n) is 20.9. The molecule has 2 heterocycles. The number of rotatable bonds is 10. The highest BCUT2D eigenvalue weighted by molar-refractivity contribution is 5.93. The summed E-state index contributed by atoms with van der Waals surface area (Å²) in [6.45, 7) is 12.7. The lowest BCUT2D eigenvalue weighted by molar-refractivity contribution is 0.0849. The highest BCUT2D eigenvalue weighted by Gasteiger charge is 2.25. The first-order valence-electron chi connectivity index (χ1n) is 12.5. The Morgan fingerprint density at radius 3 is 2.43 bits per heavy atom. The van der Waals surface area contributed by atoms with Gasteiger partial charge < -0.3 is 19.5 Å². The summed E-state index contributed by atoms with van der Waals surface area (Å²) < 4.78 is 11.2. The Morgan fingerprint density at radius 1 is 1.06 bits per heavy atom. The maximum Gasteiger partial charge on any atom is 0.273 e. The van der Waals surface area contributed by atoms with Crippen LogP contribution in [0.4, 0.5) is 0 Å². The van der Waals surface area contributed by atoms with E-state index in [0.29, 0.717) is 24.8 Å². The van der Waals surface area contributed by atoms with E-state index in [1.54, 1.807) is 6.07 Å². The average molecular weight is 477 g/mol. The second-order valence-electron chi connectivity index (χ2n) is 9.41. The van der Waals surface area contributed by atoms with Crippen molar-refractivity contribution in [1.82, 2.24) is 20.3 Å². The summed E-state index contributed by atoms with van der Waals surface area (Å²) in [4.78, 5) is 17.8. The van der Waals surface area contributed by atoms with E-state index in [2.05, 4.69) is 65.3 Å². The molecule has 1 aliphatic heterocycles. The van der Waals surface area contributed by atoms with Gasteiger partial charge in [0.2, 0.25) is 0 Å². The minimum absolute atomic E-state index is 0.115. The molecule has 1 N–H and O–H groups in total. The molecule has 7 nitrogen and oxygen atoms in total. The first-order chi connectivity index (χ1) is 17.0. The van der Waals surface area contributed by atoms with Gasteiger partial charge in [-0.15, -0.1) is 0 Å². The lowest BCUT2D eigenvalue weighted by Crippen LogP contribution is -2.49. The van der Waals surface area contributed by atoms with Gasteiger partial charge >= 0.3 is 0 Å². The Labute approximate surface area is 208 Å². The number of hydrogen-bond acceptors (Lipinski definition) is 6.